The number of carbonyl (C=O) groups is 1. The molecule has 1 aromatic rings. The largest absolute Gasteiger partial charge is 0.273 e. The van der Waals surface area contributed by atoms with Crippen LogP contribution in [0.15, 0.2) is 35.4 Å². The molecule has 1 aliphatic rings. The molecule has 0 spiro atoms. The fourth-order valence-corrected chi connectivity index (χ4v) is 1.32. The van der Waals surface area contributed by atoms with Crippen molar-refractivity contribution in [3.63, 3.8) is 0 Å². The number of hydrogen-bond donors (Lipinski definition) is 1. The summed E-state index contributed by atoms with van der Waals surface area (Å²) in [4.78, 5) is 11.3. The Hall–Kier alpha value is -1.64. The molecule has 0 aromatic heterocycles. The van der Waals surface area contributed by atoms with Crippen LogP contribution in [0.3, 0.4) is 0 Å². The minimum absolute atomic E-state index is 0.0466. The smallest absolute Gasteiger partial charge is 0.243 e. The van der Waals surface area contributed by atoms with Gasteiger partial charge < -0.3 is 0 Å². The fraction of sp³-hybridized carbons (Fsp3) is 0.333. The van der Waals surface area contributed by atoms with E-state index in [0.717, 1.165) is 24.1 Å². The predicted octanol–water partition coefficient (Wildman–Crippen LogP) is 1.94. The summed E-state index contributed by atoms with van der Waals surface area (Å²) in [6.07, 6.45) is 2.01. The number of amides is 1. The highest BCUT2D eigenvalue weighted by Gasteiger charge is 2.29. The molecule has 2 rings (SSSR count). The van der Waals surface area contributed by atoms with E-state index in [1.165, 1.54) is 0 Å². The zero-order valence-corrected chi connectivity index (χ0v) is 8.73. The maximum absolute atomic E-state index is 11.3. The van der Waals surface area contributed by atoms with Crippen molar-refractivity contribution in [1.29, 1.82) is 0 Å². The standard InChI is InChI=1S/C12H14N2O/c1-9(10-5-3-2-4-6-10)13-14-12(15)11-7-8-11/h2-6,11H,7-8H2,1H3,(H,14,15). The maximum Gasteiger partial charge on any atom is 0.243 e. The second kappa shape index (κ2) is 4.26. The summed E-state index contributed by atoms with van der Waals surface area (Å²) in [6.45, 7) is 1.89. The molecule has 0 heterocycles. The van der Waals surface area contributed by atoms with Crippen LogP contribution in [0.25, 0.3) is 0 Å². The number of rotatable bonds is 3. The van der Waals surface area contributed by atoms with Gasteiger partial charge in [-0.25, -0.2) is 5.43 Å². The van der Waals surface area contributed by atoms with Gasteiger partial charge in [-0.05, 0) is 25.3 Å². The van der Waals surface area contributed by atoms with E-state index in [-0.39, 0.29) is 11.8 Å². The molecule has 1 aromatic carbocycles. The zero-order chi connectivity index (χ0) is 10.7. The van der Waals surface area contributed by atoms with Crippen molar-refractivity contribution in [3.05, 3.63) is 35.9 Å². The van der Waals surface area contributed by atoms with Crippen molar-refractivity contribution in [2.45, 2.75) is 19.8 Å². The lowest BCUT2D eigenvalue weighted by Crippen LogP contribution is -2.20. The molecule has 3 heteroatoms. The Bertz CT molecular complexity index is 380. The molecule has 1 N–H and O–H groups in total. The van der Waals surface area contributed by atoms with Crippen molar-refractivity contribution in [1.82, 2.24) is 5.43 Å². The second-order valence-corrected chi connectivity index (χ2v) is 3.81. The first-order valence-electron chi connectivity index (χ1n) is 5.17. The second-order valence-electron chi connectivity index (χ2n) is 3.81. The summed E-state index contributed by atoms with van der Waals surface area (Å²) in [5.41, 5.74) is 4.47. The topological polar surface area (TPSA) is 41.5 Å². The highest BCUT2D eigenvalue weighted by atomic mass is 16.2. The van der Waals surface area contributed by atoms with Crippen LogP contribution in [0.1, 0.15) is 25.3 Å². The summed E-state index contributed by atoms with van der Waals surface area (Å²) in [6, 6.07) is 9.82. The quantitative estimate of drug-likeness (QED) is 0.590. The van der Waals surface area contributed by atoms with Crippen LogP contribution < -0.4 is 5.43 Å². The molecule has 1 amide bonds. The van der Waals surface area contributed by atoms with Gasteiger partial charge in [-0.1, -0.05) is 30.3 Å². The van der Waals surface area contributed by atoms with Crippen molar-refractivity contribution >= 4 is 11.6 Å². The number of carbonyl (C=O) groups excluding carboxylic acids is 1. The molecule has 1 aliphatic carbocycles. The molecule has 0 unspecified atom stereocenters. The Balaban J connectivity index is 1.97. The minimum atomic E-state index is 0.0466. The van der Waals surface area contributed by atoms with Crippen molar-refractivity contribution in [2.24, 2.45) is 11.0 Å². The van der Waals surface area contributed by atoms with E-state index in [2.05, 4.69) is 10.5 Å². The zero-order valence-electron chi connectivity index (χ0n) is 8.73. The third-order valence-corrected chi connectivity index (χ3v) is 2.47. The van der Waals surface area contributed by atoms with E-state index in [1.807, 2.05) is 37.3 Å². The molecular weight excluding hydrogens is 188 g/mol. The van der Waals surface area contributed by atoms with Crippen LogP contribution in [-0.2, 0) is 4.79 Å². The molecule has 15 heavy (non-hydrogen) atoms. The van der Waals surface area contributed by atoms with Gasteiger partial charge in [0.25, 0.3) is 0 Å². The molecular formula is C12H14N2O. The third kappa shape index (κ3) is 2.65. The molecule has 0 radical (unpaired) electrons. The van der Waals surface area contributed by atoms with Gasteiger partial charge in [0.1, 0.15) is 0 Å². The number of hydrazone groups is 1. The molecule has 0 aliphatic heterocycles. The van der Waals surface area contributed by atoms with Gasteiger partial charge in [-0.3, -0.25) is 4.79 Å². The molecule has 1 saturated carbocycles. The van der Waals surface area contributed by atoms with Gasteiger partial charge in [0.05, 0.1) is 5.71 Å². The van der Waals surface area contributed by atoms with Crippen LogP contribution in [0.4, 0.5) is 0 Å². The Labute approximate surface area is 89.2 Å². The molecule has 0 saturated heterocycles. The highest BCUT2D eigenvalue weighted by Crippen LogP contribution is 2.28. The first-order valence-corrected chi connectivity index (χ1v) is 5.17. The van der Waals surface area contributed by atoms with Gasteiger partial charge in [0.15, 0.2) is 0 Å². The van der Waals surface area contributed by atoms with Crippen LogP contribution in [0, 0.1) is 5.92 Å². The van der Waals surface area contributed by atoms with E-state index in [0.29, 0.717) is 0 Å². The highest BCUT2D eigenvalue weighted by molar-refractivity contribution is 5.99. The monoisotopic (exact) mass is 202 g/mol. The van der Waals surface area contributed by atoms with Gasteiger partial charge in [-0.2, -0.15) is 5.10 Å². The van der Waals surface area contributed by atoms with Crippen LogP contribution in [0.2, 0.25) is 0 Å². The average Bonchev–Trinajstić information content (AvgIpc) is 3.10. The Kier molecular flexibility index (Phi) is 2.81. The molecule has 78 valence electrons. The third-order valence-electron chi connectivity index (χ3n) is 2.47. The molecule has 0 bridgehead atoms. The summed E-state index contributed by atoms with van der Waals surface area (Å²) in [5, 5.41) is 4.07. The fourth-order valence-electron chi connectivity index (χ4n) is 1.32. The summed E-state index contributed by atoms with van der Waals surface area (Å²) < 4.78 is 0. The van der Waals surface area contributed by atoms with Crippen LogP contribution in [-0.4, -0.2) is 11.6 Å². The minimum Gasteiger partial charge on any atom is -0.273 e. The van der Waals surface area contributed by atoms with Gasteiger partial charge in [-0.15, -0.1) is 0 Å². The van der Waals surface area contributed by atoms with Crippen molar-refractivity contribution in [3.8, 4) is 0 Å². The van der Waals surface area contributed by atoms with Crippen molar-refractivity contribution < 1.29 is 4.79 Å². The lowest BCUT2D eigenvalue weighted by molar-refractivity contribution is -0.122. The Morgan fingerprint density at radius 1 is 1.33 bits per heavy atom. The number of hydrogen-bond acceptors (Lipinski definition) is 2. The van der Waals surface area contributed by atoms with E-state index in [9.17, 15) is 4.79 Å². The van der Waals surface area contributed by atoms with E-state index in [1.54, 1.807) is 0 Å². The van der Waals surface area contributed by atoms with Gasteiger partial charge in [0.2, 0.25) is 5.91 Å². The molecule has 1 fully saturated rings. The molecule has 0 atom stereocenters. The van der Waals surface area contributed by atoms with E-state index < -0.39 is 0 Å². The van der Waals surface area contributed by atoms with Gasteiger partial charge in [0, 0.05) is 5.92 Å². The summed E-state index contributed by atoms with van der Waals surface area (Å²) in [5.74, 6) is 0.252. The van der Waals surface area contributed by atoms with E-state index in [4.69, 9.17) is 0 Å². The average molecular weight is 202 g/mol. The Morgan fingerprint density at radius 2 is 2.00 bits per heavy atom. The van der Waals surface area contributed by atoms with Crippen LogP contribution in [0.5, 0.6) is 0 Å². The van der Waals surface area contributed by atoms with Gasteiger partial charge >= 0.3 is 0 Å². The van der Waals surface area contributed by atoms with E-state index >= 15 is 0 Å². The number of nitrogens with zero attached hydrogens (tertiary/aromatic N) is 1. The lowest BCUT2D eigenvalue weighted by atomic mass is 10.1. The Morgan fingerprint density at radius 3 is 2.60 bits per heavy atom. The first-order chi connectivity index (χ1) is 7.27. The summed E-state index contributed by atoms with van der Waals surface area (Å²) in [7, 11) is 0. The maximum atomic E-state index is 11.3. The predicted molar refractivity (Wildman–Crippen MR) is 59.5 cm³/mol. The van der Waals surface area contributed by atoms with Crippen molar-refractivity contribution in [2.75, 3.05) is 0 Å². The normalized spacial score (nSPS) is 16.2. The first kappa shape index (κ1) is 9.90. The SMILES string of the molecule is CC(=NNC(=O)C1CC1)c1ccccc1. The van der Waals surface area contributed by atoms with Crippen LogP contribution >= 0.6 is 0 Å². The number of benzene rings is 1. The molecule has 3 nitrogen and oxygen atoms in total. The number of nitrogens with one attached hydrogen (secondary N) is 1. The lowest BCUT2D eigenvalue weighted by Gasteiger charge is -2.01. The summed E-state index contributed by atoms with van der Waals surface area (Å²) >= 11 is 0.